The van der Waals surface area contributed by atoms with Crippen molar-refractivity contribution < 1.29 is 13.9 Å². The van der Waals surface area contributed by atoms with E-state index in [1.807, 2.05) is 13.8 Å². The molecular weight excluding hydrogens is 437 g/mol. The van der Waals surface area contributed by atoms with Crippen molar-refractivity contribution >= 4 is 27.7 Å². The van der Waals surface area contributed by atoms with Crippen molar-refractivity contribution in [2.75, 3.05) is 20.2 Å². The highest BCUT2D eigenvalue weighted by Crippen LogP contribution is 2.49. The van der Waals surface area contributed by atoms with Gasteiger partial charge in [-0.1, -0.05) is 35.3 Å². The van der Waals surface area contributed by atoms with Crippen LogP contribution >= 0.6 is 15.9 Å². The average molecular weight is 466 g/mol. The maximum atomic E-state index is 14.5. The van der Waals surface area contributed by atoms with Crippen LogP contribution < -0.4 is 0 Å². The molecule has 0 saturated heterocycles. The molecular formula is C22H29BrFN3O2. The molecule has 1 atom stereocenters. The standard InChI is InChI=1S/C22H29BrFN3O2/c1-4-6-19(21(28)29-3)26-20(13-16-7-8-17(23)14-18(16)24)27(5-2)15-22(9-10-22)11-12-25/h7-8,14,19H,4-6,9-11,13,15H2,1-3H3. The van der Waals surface area contributed by atoms with Gasteiger partial charge in [0.2, 0.25) is 0 Å². The second-order valence-corrected chi connectivity index (χ2v) is 8.55. The Labute approximate surface area is 181 Å². The van der Waals surface area contributed by atoms with Crippen LogP contribution in [0.2, 0.25) is 0 Å². The fourth-order valence-corrected chi connectivity index (χ4v) is 3.76. The van der Waals surface area contributed by atoms with Gasteiger partial charge in [-0.25, -0.2) is 9.18 Å². The average Bonchev–Trinajstić information content (AvgIpc) is 3.46. The predicted octanol–water partition coefficient (Wildman–Crippen LogP) is 4.89. The highest BCUT2D eigenvalue weighted by Gasteiger charge is 2.44. The number of aliphatic imine (C=N–C) groups is 1. The van der Waals surface area contributed by atoms with Crippen LogP contribution in [0.1, 0.15) is 51.5 Å². The summed E-state index contributed by atoms with van der Waals surface area (Å²) in [6.45, 7) is 5.37. The van der Waals surface area contributed by atoms with Crippen LogP contribution in [0.5, 0.6) is 0 Å². The first kappa shape index (κ1) is 23.3. The number of hydrogen-bond acceptors (Lipinski definition) is 4. The van der Waals surface area contributed by atoms with E-state index in [4.69, 9.17) is 15.0 Å². The SMILES string of the molecule is CCCC(N=C(Cc1ccc(Br)cc1F)N(CC)CC1(CC#N)CC1)C(=O)OC. The lowest BCUT2D eigenvalue weighted by molar-refractivity contribution is -0.142. The van der Waals surface area contributed by atoms with Crippen LogP contribution in [0.25, 0.3) is 0 Å². The van der Waals surface area contributed by atoms with E-state index in [0.717, 1.165) is 19.3 Å². The van der Waals surface area contributed by atoms with Crippen molar-refractivity contribution in [2.24, 2.45) is 10.4 Å². The number of esters is 1. The van der Waals surface area contributed by atoms with E-state index >= 15 is 0 Å². The van der Waals surface area contributed by atoms with Crippen molar-refractivity contribution in [2.45, 2.75) is 58.4 Å². The smallest absolute Gasteiger partial charge is 0.330 e. The molecule has 1 aromatic rings. The van der Waals surface area contributed by atoms with E-state index in [0.29, 0.717) is 41.8 Å². The highest BCUT2D eigenvalue weighted by molar-refractivity contribution is 9.10. The van der Waals surface area contributed by atoms with Crippen LogP contribution in [0.15, 0.2) is 27.7 Å². The van der Waals surface area contributed by atoms with Gasteiger partial charge in [-0.05, 0) is 43.9 Å². The summed E-state index contributed by atoms with van der Waals surface area (Å²) in [6.07, 6.45) is 4.15. The summed E-state index contributed by atoms with van der Waals surface area (Å²) in [5, 5.41) is 9.17. The summed E-state index contributed by atoms with van der Waals surface area (Å²) in [5.41, 5.74) is 0.505. The number of nitrogens with zero attached hydrogens (tertiary/aromatic N) is 3. The number of nitriles is 1. The lowest BCUT2D eigenvalue weighted by Gasteiger charge is -2.30. The molecule has 1 fully saturated rings. The molecule has 1 saturated carbocycles. The van der Waals surface area contributed by atoms with Crippen LogP contribution in [0.4, 0.5) is 4.39 Å². The number of halogens is 2. The van der Waals surface area contributed by atoms with Gasteiger partial charge in [-0.3, -0.25) is 4.99 Å². The molecule has 0 aliphatic heterocycles. The van der Waals surface area contributed by atoms with Crippen molar-refractivity contribution in [1.29, 1.82) is 5.26 Å². The third-order valence-electron chi connectivity index (χ3n) is 5.39. The van der Waals surface area contributed by atoms with E-state index in [1.54, 1.807) is 12.1 Å². The molecule has 0 radical (unpaired) electrons. The number of ether oxygens (including phenoxy) is 1. The van der Waals surface area contributed by atoms with Gasteiger partial charge in [0.15, 0.2) is 0 Å². The quantitative estimate of drug-likeness (QED) is 0.280. The van der Waals surface area contributed by atoms with Gasteiger partial charge in [0.05, 0.1) is 13.2 Å². The molecule has 0 aromatic heterocycles. The largest absolute Gasteiger partial charge is 0.467 e. The summed E-state index contributed by atoms with van der Waals surface area (Å²) in [5.74, 6) is -0.0250. The van der Waals surface area contributed by atoms with E-state index in [2.05, 4.69) is 26.9 Å². The number of carbonyl (C=O) groups is 1. The summed E-state index contributed by atoms with van der Waals surface area (Å²) in [4.78, 5) is 19.1. The summed E-state index contributed by atoms with van der Waals surface area (Å²) < 4.78 is 20.1. The van der Waals surface area contributed by atoms with Gasteiger partial charge in [-0.15, -0.1) is 0 Å². The van der Waals surface area contributed by atoms with Crippen LogP contribution in [-0.4, -0.2) is 42.9 Å². The molecule has 5 nitrogen and oxygen atoms in total. The van der Waals surface area contributed by atoms with Gasteiger partial charge in [0.25, 0.3) is 0 Å². The first-order chi connectivity index (χ1) is 13.9. The van der Waals surface area contributed by atoms with Gasteiger partial charge < -0.3 is 9.64 Å². The second kappa shape index (κ2) is 10.7. The number of benzene rings is 1. The number of rotatable bonds is 10. The first-order valence-corrected chi connectivity index (χ1v) is 10.9. The molecule has 7 heteroatoms. The minimum Gasteiger partial charge on any atom is -0.467 e. The number of hydrogen-bond donors (Lipinski definition) is 0. The summed E-state index contributed by atoms with van der Waals surface area (Å²) >= 11 is 3.29. The normalized spacial score (nSPS) is 16.1. The second-order valence-electron chi connectivity index (χ2n) is 7.63. The molecule has 0 spiro atoms. The zero-order valence-corrected chi connectivity index (χ0v) is 19.0. The molecule has 1 aliphatic carbocycles. The Morgan fingerprint density at radius 1 is 1.45 bits per heavy atom. The van der Waals surface area contributed by atoms with Gasteiger partial charge in [0.1, 0.15) is 17.7 Å². The molecule has 0 heterocycles. The van der Waals surface area contributed by atoms with Crippen LogP contribution in [0, 0.1) is 22.6 Å². The number of methoxy groups -OCH3 is 1. The van der Waals surface area contributed by atoms with Crippen molar-refractivity contribution in [3.63, 3.8) is 0 Å². The van der Waals surface area contributed by atoms with Crippen molar-refractivity contribution in [3.05, 3.63) is 34.1 Å². The van der Waals surface area contributed by atoms with Crippen LogP contribution in [-0.2, 0) is 16.0 Å². The Kier molecular flexibility index (Phi) is 8.63. The zero-order valence-electron chi connectivity index (χ0n) is 17.4. The summed E-state index contributed by atoms with van der Waals surface area (Å²) in [7, 11) is 1.36. The topological polar surface area (TPSA) is 65.7 Å². The highest BCUT2D eigenvalue weighted by atomic mass is 79.9. The third-order valence-corrected chi connectivity index (χ3v) is 5.88. The molecule has 158 valence electrons. The fourth-order valence-electron chi connectivity index (χ4n) is 3.42. The molecule has 2 rings (SSSR count). The van der Waals surface area contributed by atoms with Gasteiger partial charge in [0, 0.05) is 35.8 Å². The molecule has 1 aromatic carbocycles. The Bertz CT molecular complexity index is 787. The van der Waals surface area contributed by atoms with E-state index in [-0.39, 0.29) is 23.6 Å². The lowest BCUT2D eigenvalue weighted by Crippen LogP contribution is -2.39. The Morgan fingerprint density at radius 3 is 2.69 bits per heavy atom. The monoisotopic (exact) mass is 465 g/mol. The first-order valence-electron chi connectivity index (χ1n) is 10.1. The van der Waals surface area contributed by atoms with Gasteiger partial charge in [-0.2, -0.15) is 5.26 Å². The minimum absolute atomic E-state index is 0.0185. The molecule has 29 heavy (non-hydrogen) atoms. The molecule has 1 unspecified atom stereocenters. The fraction of sp³-hybridized carbons (Fsp3) is 0.591. The minimum atomic E-state index is -0.612. The van der Waals surface area contributed by atoms with Crippen LogP contribution in [0.3, 0.4) is 0 Å². The Hall–Kier alpha value is -1.94. The Balaban J connectivity index is 2.38. The maximum Gasteiger partial charge on any atom is 0.330 e. The van der Waals surface area contributed by atoms with E-state index in [9.17, 15) is 9.18 Å². The lowest BCUT2D eigenvalue weighted by atomic mass is 10.0. The maximum absolute atomic E-state index is 14.5. The molecule has 1 aliphatic rings. The molecule has 0 bridgehead atoms. The van der Waals surface area contributed by atoms with E-state index in [1.165, 1.54) is 13.2 Å². The Morgan fingerprint density at radius 2 is 2.17 bits per heavy atom. The van der Waals surface area contributed by atoms with Crippen molar-refractivity contribution in [3.8, 4) is 6.07 Å². The number of carbonyl (C=O) groups excluding carboxylic acids is 1. The predicted molar refractivity (Wildman–Crippen MR) is 115 cm³/mol. The van der Waals surface area contributed by atoms with Gasteiger partial charge >= 0.3 is 5.97 Å². The van der Waals surface area contributed by atoms with Crippen molar-refractivity contribution in [1.82, 2.24) is 4.90 Å². The molecule has 0 N–H and O–H groups in total. The number of amidine groups is 1. The summed E-state index contributed by atoms with van der Waals surface area (Å²) in [6, 6.07) is 6.64. The zero-order chi connectivity index (χ0) is 21.4. The molecule has 0 amide bonds. The van der Waals surface area contributed by atoms with E-state index < -0.39 is 6.04 Å². The third kappa shape index (κ3) is 6.53. The number of likely N-dealkylation sites (N-methyl/N-ethyl adjacent to an activating group) is 1.